The zero-order valence-corrected chi connectivity index (χ0v) is 14.4. The van der Waals surface area contributed by atoms with E-state index in [-0.39, 0.29) is 0 Å². The minimum Gasteiger partial charge on any atom is -0.0879 e. The van der Waals surface area contributed by atoms with Crippen LogP contribution in [0.3, 0.4) is 0 Å². The van der Waals surface area contributed by atoms with Crippen molar-refractivity contribution in [2.75, 3.05) is 0 Å². The second kappa shape index (κ2) is 7.29. The van der Waals surface area contributed by atoms with E-state index in [4.69, 9.17) is 0 Å². The van der Waals surface area contributed by atoms with E-state index in [1.54, 1.807) is 0 Å². The third-order valence-electron chi connectivity index (χ3n) is 2.70. The summed E-state index contributed by atoms with van der Waals surface area (Å²) in [5, 5.41) is 0. The summed E-state index contributed by atoms with van der Waals surface area (Å²) in [5.41, 5.74) is 0. The molecule has 0 aromatic rings. The molecule has 2 fully saturated rings. The Morgan fingerprint density at radius 2 is 0.714 bits per heavy atom. The summed E-state index contributed by atoms with van der Waals surface area (Å²) in [6.45, 7) is 0. The SMILES string of the molecule is Br[C@@H]1CCC[C@H]1Br.Br[C@H]1CCC[C@@H]1Br. The largest absolute Gasteiger partial charge is 0.0879 e. The molecule has 2 aliphatic carbocycles. The minimum absolute atomic E-state index is 0.743. The van der Waals surface area contributed by atoms with Gasteiger partial charge in [0, 0.05) is 19.3 Å². The van der Waals surface area contributed by atoms with Gasteiger partial charge in [0.05, 0.1) is 0 Å². The number of halogens is 4. The van der Waals surface area contributed by atoms with Crippen LogP contribution in [0.15, 0.2) is 0 Å². The maximum atomic E-state index is 3.56. The summed E-state index contributed by atoms with van der Waals surface area (Å²) in [4.78, 5) is 2.97. The van der Waals surface area contributed by atoms with E-state index < -0.39 is 0 Å². The van der Waals surface area contributed by atoms with Gasteiger partial charge in [-0.25, -0.2) is 0 Å². The van der Waals surface area contributed by atoms with Crippen molar-refractivity contribution in [2.24, 2.45) is 0 Å². The fourth-order valence-corrected chi connectivity index (χ4v) is 4.09. The van der Waals surface area contributed by atoms with E-state index in [1.807, 2.05) is 0 Å². The third-order valence-corrected chi connectivity index (χ3v) is 8.51. The van der Waals surface area contributed by atoms with Crippen LogP contribution in [0.2, 0.25) is 0 Å². The van der Waals surface area contributed by atoms with Gasteiger partial charge in [0.1, 0.15) is 0 Å². The Morgan fingerprint density at radius 3 is 0.786 bits per heavy atom. The smallest absolute Gasteiger partial charge is 0.0271 e. The van der Waals surface area contributed by atoms with Gasteiger partial charge in [0.2, 0.25) is 0 Å². The van der Waals surface area contributed by atoms with Gasteiger partial charge in [-0.3, -0.25) is 0 Å². The lowest BCUT2D eigenvalue weighted by atomic mass is 10.4. The van der Waals surface area contributed by atoms with Gasteiger partial charge in [-0.2, -0.15) is 0 Å². The molecule has 84 valence electrons. The first-order valence-corrected chi connectivity index (χ1v) is 8.84. The quantitative estimate of drug-likeness (QED) is 0.429. The second-order valence-electron chi connectivity index (χ2n) is 3.93. The molecule has 0 spiro atoms. The van der Waals surface area contributed by atoms with E-state index in [0.29, 0.717) is 0 Å². The summed E-state index contributed by atoms with van der Waals surface area (Å²) in [5.74, 6) is 0. The molecular weight excluding hydrogens is 440 g/mol. The average Bonchev–Trinajstić information content (AvgIpc) is 2.67. The van der Waals surface area contributed by atoms with Crippen molar-refractivity contribution in [1.82, 2.24) is 0 Å². The molecule has 0 saturated heterocycles. The highest BCUT2D eigenvalue weighted by Crippen LogP contribution is 2.31. The van der Waals surface area contributed by atoms with E-state index in [0.717, 1.165) is 19.3 Å². The van der Waals surface area contributed by atoms with Crippen LogP contribution in [0.5, 0.6) is 0 Å². The van der Waals surface area contributed by atoms with Crippen LogP contribution in [-0.2, 0) is 0 Å². The molecule has 0 aromatic carbocycles. The number of hydrogen-bond donors (Lipinski definition) is 0. The Kier molecular flexibility index (Phi) is 7.28. The van der Waals surface area contributed by atoms with Crippen molar-refractivity contribution in [3.63, 3.8) is 0 Å². The molecule has 0 aliphatic heterocycles. The van der Waals surface area contributed by atoms with Crippen molar-refractivity contribution in [3.8, 4) is 0 Å². The summed E-state index contributed by atoms with van der Waals surface area (Å²) in [7, 11) is 0. The van der Waals surface area contributed by atoms with Gasteiger partial charge in [-0.15, -0.1) is 0 Å². The number of rotatable bonds is 0. The summed E-state index contributed by atoms with van der Waals surface area (Å²) < 4.78 is 0. The summed E-state index contributed by atoms with van der Waals surface area (Å²) in [6, 6.07) is 0. The van der Waals surface area contributed by atoms with Crippen LogP contribution in [0, 0.1) is 0 Å². The van der Waals surface area contributed by atoms with Gasteiger partial charge in [0.25, 0.3) is 0 Å². The second-order valence-corrected chi connectivity index (χ2v) is 8.63. The highest BCUT2D eigenvalue weighted by atomic mass is 79.9. The van der Waals surface area contributed by atoms with Crippen LogP contribution in [-0.4, -0.2) is 19.3 Å². The minimum atomic E-state index is 0.743. The first-order valence-electron chi connectivity index (χ1n) is 5.17. The van der Waals surface area contributed by atoms with Gasteiger partial charge in [0.15, 0.2) is 0 Å². The van der Waals surface area contributed by atoms with Crippen molar-refractivity contribution in [1.29, 1.82) is 0 Å². The van der Waals surface area contributed by atoms with E-state index >= 15 is 0 Å². The van der Waals surface area contributed by atoms with Crippen LogP contribution in [0.25, 0.3) is 0 Å². The maximum absolute atomic E-state index is 3.56. The van der Waals surface area contributed by atoms with Gasteiger partial charge >= 0.3 is 0 Å². The molecule has 4 atom stereocenters. The van der Waals surface area contributed by atoms with Crippen LogP contribution < -0.4 is 0 Å². The molecule has 2 aliphatic rings. The lowest BCUT2D eigenvalue weighted by Gasteiger charge is -2.00. The summed E-state index contributed by atoms with van der Waals surface area (Å²) in [6.07, 6.45) is 8.13. The van der Waals surface area contributed by atoms with Crippen molar-refractivity contribution in [3.05, 3.63) is 0 Å². The fourth-order valence-electron chi connectivity index (χ4n) is 1.74. The van der Waals surface area contributed by atoms with E-state index in [9.17, 15) is 0 Å². The Balaban J connectivity index is 0.000000140. The molecule has 0 bridgehead atoms. The first kappa shape index (κ1) is 14.0. The molecule has 0 heterocycles. The molecule has 2 rings (SSSR count). The Bertz CT molecular complexity index is 128. The molecule has 0 nitrogen and oxygen atoms in total. The highest BCUT2D eigenvalue weighted by Gasteiger charge is 2.21. The van der Waals surface area contributed by atoms with Crippen molar-refractivity contribution < 1.29 is 0 Å². The third kappa shape index (κ3) is 4.84. The van der Waals surface area contributed by atoms with Crippen LogP contribution in [0.4, 0.5) is 0 Å². The lowest BCUT2D eigenvalue weighted by molar-refractivity contribution is 0.893. The fraction of sp³-hybridized carbons (Fsp3) is 1.00. The van der Waals surface area contributed by atoms with Crippen molar-refractivity contribution in [2.45, 2.75) is 57.8 Å². The van der Waals surface area contributed by atoms with Gasteiger partial charge in [-0.05, 0) is 25.7 Å². The predicted molar refractivity (Wildman–Crippen MR) is 78.6 cm³/mol. The standard InChI is InChI=1S/2C5H8Br2/c2*6-4-2-1-3-5(4)7/h2*4-5H,1-3H2/t2*4-,5-/m10/s1. The van der Waals surface area contributed by atoms with Crippen molar-refractivity contribution >= 4 is 63.7 Å². The predicted octanol–water partition coefficient (Wildman–Crippen LogP) is 5.39. The lowest BCUT2D eigenvalue weighted by Crippen LogP contribution is -2.02. The molecular formula is C10H16Br4. The zero-order chi connectivity index (χ0) is 10.6. The zero-order valence-electron chi connectivity index (χ0n) is 8.06. The molecule has 0 aromatic heterocycles. The van der Waals surface area contributed by atoms with E-state index in [2.05, 4.69) is 63.7 Å². The molecule has 0 unspecified atom stereocenters. The van der Waals surface area contributed by atoms with E-state index in [1.165, 1.54) is 38.5 Å². The molecule has 0 radical (unpaired) electrons. The van der Waals surface area contributed by atoms with Gasteiger partial charge < -0.3 is 0 Å². The average molecular weight is 456 g/mol. The summed E-state index contributed by atoms with van der Waals surface area (Å²) >= 11 is 14.2. The maximum Gasteiger partial charge on any atom is 0.0271 e. The Morgan fingerprint density at radius 1 is 0.500 bits per heavy atom. The molecule has 0 N–H and O–H groups in total. The Labute approximate surface area is 120 Å². The normalized spacial score (nSPS) is 42.0. The highest BCUT2D eigenvalue weighted by molar-refractivity contribution is 9.12. The molecule has 2 saturated carbocycles. The van der Waals surface area contributed by atoms with Crippen LogP contribution in [0.1, 0.15) is 38.5 Å². The topological polar surface area (TPSA) is 0 Å². The number of alkyl halides is 4. The first-order chi connectivity index (χ1) is 6.61. The molecule has 4 heteroatoms. The molecule has 14 heavy (non-hydrogen) atoms. The Hall–Kier alpha value is 1.92. The van der Waals surface area contributed by atoms with Gasteiger partial charge in [-0.1, -0.05) is 76.6 Å². The van der Waals surface area contributed by atoms with Crippen LogP contribution >= 0.6 is 63.7 Å². The molecule has 0 amide bonds. The number of hydrogen-bond acceptors (Lipinski definition) is 0. The monoisotopic (exact) mass is 452 g/mol.